The zero-order chi connectivity index (χ0) is 14.0. The van der Waals surface area contributed by atoms with Gasteiger partial charge in [-0.3, -0.25) is 4.79 Å². The van der Waals surface area contributed by atoms with E-state index in [2.05, 4.69) is 15.4 Å². The number of hydrogen-bond acceptors (Lipinski definition) is 4. The molecule has 2 aromatic rings. The number of rotatable bonds is 4. The lowest BCUT2D eigenvalue weighted by Crippen LogP contribution is -2.26. The minimum absolute atomic E-state index is 0.215. The molecule has 1 unspecified atom stereocenters. The Labute approximate surface area is 111 Å². The fraction of sp³-hybridized carbons (Fsp3) is 0.462. The van der Waals surface area contributed by atoms with Crippen LogP contribution in [0.1, 0.15) is 35.1 Å². The van der Waals surface area contributed by atoms with Gasteiger partial charge in [0.1, 0.15) is 5.56 Å². The van der Waals surface area contributed by atoms with Gasteiger partial charge in [-0.15, -0.1) is 0 Å². The zero-order valence-electron chi connectivity index (χ0n) is 11.3. The van der Waals surface area contributed by atoms with Gasteiger partial charge in [-0.05, 0) is 33.3 Å². The summed E-state index contributed by atoms with van der Waals surface area (Å²) in [4.78, 5) is 16.4. The number of aliphatic hydroxyl groups is 1. The first-order chi connectivity index (χ1) is 8.99. The lowest BCUT2D eigenvalue weighted by molar-refractivity contribution is 0.0947. The Morgan fingerprint density at radius 2 is 2.26 bits per heavy atom. The van der Waals surface area contributed by atoms with Crippen LogP contribution in [0.5, 0.6) is 0 Å². The highest BCUT2D eigenvalue weighted by Crippen LogP contribution is 2.11. The van der Waals surface area contributed by atoms with Crippen molar-refractivity contribution in [3.63, 3.8) is 0 Å². The van der Waals surface area contributed by atoms with Gasteiger partial charge >= 0.3 is 0 Å². The van der Waals surface area contributed by atoms with Crippen LogP contribution in [0.3, 0.4) is 0 Å². The second kappa shape index (κ2) is 5.36. The van der Waals surface area contributed by atoms with Crippen LogP contribution in [-0.2, 0) is 0 Å². The lowest BCUT2D eigenvalue weighted by Gasteiger charge is -2.06. The number of nitrogens with zero attached hydrogens (tertiary/aromatic N) is 3. The molecule has 2 N–H and O–H groups in total. The summed E-state index contributed by atoms with van der Waals surface area (Å²) in [6.45, 7) is 5.92. The van der Waals surface area contributed by atoms with E-state index in [1.807, 2.05) is 19.9 Å². The molecule has 102 valence electrons. The molecular weight excluding hydrogens is 244 g/mol. The van der Waals surface area contributed by atoms with Crippen molar-refractivity contribution in [2.24, 2.45) is 0 Å². The number of amides is 1. The predicted octanol–water partition coefficient (Wildman–Crippen LogP) is 0.847. The minimum Gasteiger partial charge on any atom is -0.393 e. The summed E-state index contributed by atoms with van der Waals surface area (Å²) in [5.41, 5.74) is 2.80. The normalized spacial score (nSPS) is 12.6. The van der Waals surface area contributed by atoms with E-state index in [1.54, 1.807) is 11.4 Å². The maximum Gasteiger partial charge on any atom is 0.256 e. The number of carbonyl (C=O) groups excluding carboxylic acids is 1. The molecule has 0 aliphatic heterocycles. The van der Waals surface area contributed by atoms with E-state index < -0.39 is 6.10 Å². The third-order valence-electron chi connectivity index (χ3n) is 2.87. The molecule has 0 spiro atoms. The third-order valence-corrected chi connectivity index (χ3v) is 2.87. The maximum atomic E-state index is 12.0. The van der Waals surface area contributed by atoms with Gasteiger partial charge in [-0.25, -0.2) is 9.50 Å². The molecule has 19 heavy (non-hydrogen) atoms. The Morgan fingerprint density at radius 1 is 1.53 bits per heavy atom. The number of aryl methyl sites for hydroxylation is 2. The third kappa shape index (κ3) is 2.90. The van der Waals surface area contributed by atoms with E-state index in [0.717, 1.165) is 11.4 Å². The largest absolute Gasteiger partial charge is 0.393 e. The van der Waals surface area contributed by atoms with Crippen LogP contribution in [0.15, 0.2) is 12.3 Å². The summed E-state index contributed by atoms with van der Waals surface area (Å²) >= 11 is 0. The fourth-order valence-corrected chi connectivity index (χ4v) is 1.92. The summed E-state index contributed by atoms with van der Waals surface area (Å²) in [6, 6.07) is 1.91. The monoisotopic (exact) mass is 262 g/mol. The lowest BCUT2D eigenvalue weighted by atomic mass is 10.2. The average Bonchev–Trinajstić information content (AvgIpc) is 2.72. The van der Waals surface area contributed by atoms with Crippen LogP contribution >= 0.6 is 0 Å². The molecule has 1 amide bonds. The predicted molar refractivity (Wildman–Crippen MR) is 71.1 cm³/mol. The Bertz CT molecular complexity index is 604. The number of fused-ring (bicyclic) bond motifs is 1. The van der Waals surface area contributed by atoms with Gasteiger partial charge in [0.25, 0.3) is 5.91 Å². The van der Waals surface area contributed by atoms with Crippen molar-refractivity contribution in [1.82, 2.24) is 19.9 Å². The van der Waals surface area contributed by atoms with E-state index in [1.165, 1.54) is 6.20 Å². The highest BCUT2D eigenvalue weighted by atomic mass is 16.3. The molecule has 0 bridgehead atoms. The average molecular weight is 262 g/mol. The minimum atomic E-state index is -0.424. The van der Waals surface area contributed by atoms with Gasteiger partial charge in [0.15, 0.2) is 5.65 Å². The van der Waals surface area contributed by atoms with E-state index >= 15 is 0 Å². The summed E-state index contributed by atoms with van der Waals surface area (Å²) in [5, 5.41) is 16.1. The molecule has 0 fully saturated rings. The molecule has 2 aromatic heterocycles. The van der Waals surface area contributed by atoms with Gasteiger partial charge in [-0.2, -0.15) is 5.10 Å². The van der Waals surface area contributed by atoms with Gasteiger partial charge in [-0.1, -0.05) is 0 Å². The van der Waals surface area contributed by atoms with Crippen molar-refractivity contribution in [3.05, 3.63) is 29.2 Å². The van der Waals surface area contributed by atoms with Crippen molar-refractivity contribution < 1.29 is 9.90 Å². The van der Waals surface area contributed by atoms with Crippen molar-refractivity contribution in [2.45, 2.75) is 33.3 Å². The maximum absolute atomic E-state index is 12.0. The number of aliphatic hydroxyl groups excluding tert-OH is 1. The Balaban J connectivity index is 2.23. The molecule has 0 radical (unpaired) electrons. The molecule has 6 nitrogen and oxygen atoms in total. The van der Waals surface area contributed by atoms with E-state index in [4.69, 9.17) is 5.11 Å². The SMILES string of the molecule is Cc1cc(C)n2ncc(C(=O)NCCC(C)O)c2n1. The van der Waals surface area contributed by atoms with Crippen LogP contribution in [-0.4, -0.2) is 38.3 Å². The Kier molecular flexibility index (Phi) is 3.80. The van der Waals surface area contributed by atoms with Crippen LogP contribution in [0, 0.1) is 13.8 Å². The first-order valence-corrected chi connectivity index (χ1v) is 6.27. The molecule has 0 saturated heterocycles. The molecule has 0 aliphatic rings. The molecular formula is C13H18N4O2. The highest BCUT2D eigenvalue weighted by molar-refractivity contribution is 5.99. The van der Waals surface area contributed by atoms with Crippen LogP contribution in [0.4, 0.5) is 0 Å². The first-order valence-electron chi connectivity index (χ1n) is 6.27. The van der Waals surface area contributed by atoms with Crippen molar-refractivity contribution >= 4 is 11.6 Å². The zero-order valence-corrected chi connectivity index (χ0v) is 11.3. The molecule has 2 heterocycles. The van der Waals surface area contributed by atoms with Crippen LogP contribution in [0.25, 0.3) is 5.65 Å². The number of hydrogen-bond donors (Lipinski definition) is 2. The van der Waals surface area contributed by atoms with E-state index in [-0.39, 0.29) is 5.91 Å². The second-order valence-electron chi connectivity index (χ2n) is 4.73. The standard InChI is InChI=1S/C13H18N4O2/c1-8-6-9(2)17-12(16-8)11(7-15-17)13(19)14-5-4-10(3)18/h6-7,10,18H,4-5H2,1-3H3,(H,14,19). The van der Waals surface area contributed by atoms with E-state index in [9.17, 15) is 4.79 Å². The summed E-state index contributed by atoms with van der Waals surface area (Å²) in [6.07, 6.45) is 1.62. The topological polar surface area (TPSA) is 79.5 Å². The van der Waals surface area contributed by atoms with Crippen molar-refractivity contribution in [2.75, 3.05) is 6.54 Å². The summed E-state index contributed by atoms with van der Waals surface area (Å²) < 4.78 is 1.65. The van der Waals surface area contributed by atoms with Gasteiger partial charge in [0.2, 0.25) is 0 Å². The van der Waals surface area contributed by atoms with Crippen molar-refractivity contribution in [1.29, 1.82) is 0 Å². The molecule has 0 saturated carbocycles. The quantitative estimate of drug-likeness (QED) is 0.856. The van der Waals surface area contributed by atoms with Crippen molar-refractivity contribution in [3.8, 4) is 0 Å². The molecule has 0 aromatic carbocycles. The Hall–Kier alpha value is -1.95. The number of nitrogens with one attached hydrogen (secondary N) is 1. The summed E-state index contributed by atoms with van der Waals surface area (Å²) in [7, 11) is 0. The molecule has 1 atom stereocenters. The first kappa shape index (κ1) is 13.5. The Morgan fingerprint density at radius 3 is 2.95 bits per heavy atom. The van der Waals surface area contributed by atoms with Crippen LogP contribution in [0.2, 0.25) is 0 Å². The van der Waals surface area contributed by atoms with Gasteiger partial charge in [0, 0.05) is 17.9 Å². The number of carbonyl (C=O) groups is 1. The molecule has 6 heteroatoms. The molecule has 0 aliphatic carbocycles. The van der Waals surface area contributed by atoms with Gasteiger partial charge in [0.05, 0.1) is 12.3 Å². The number of aromatic nitrogens is 3. The fourth-order valence-electron chi connectivity index (χ4n) is 1.92. The highest BCUT2D eigenvalue weighted by Gasteiger charge is 2.15. The molecule has 2 rings (SSSR count). The summed E-state index contributed by atoms with van der Waals surface area (Å²) in [5.74, 6) is -0.215. The smallest absolute Gasteiger partial charge is 0.256 e. The van der Waals surface area contributed by atoms with Crippen LogP contribution < -0.4 is 5.32 Å². The van der Waals surface area contributed by atoms with E-state index in [0.29, 0.717) is 24.2 Å². The second-order valence-corrected chi connectivity index (χ2v) is 4.73. The van der Waals surface area contributed by atoms with Gasteiger partial charge < -0.3 is 10.4 Å².